The Labute approximate surface area is 192 Å². The zero-order valence-electron chi connectivity index (χ0n) is 18.9. The van der Waals surface area contributed by atoms with Gasteiger partial charge in [0.25, 0.3) is 11.7 Å². The molecule has 2 saturated heterocycles. The number of likely N-dealkylation sites (tertiary alicyclic amines) is 1. The van der Waals surface area contributed by atoms with Gasteiger partial charge in [-0.25, -0.2) is 0 Å². The number of Topliss-reactive ketones (excluding diaryl/α,β-unsaturated/α-hetero) is 1. The third kappa shape index (κ3) is 4.14. The minimum Gasteiger partial charge on any atom is -0.507 e. The van der Waals surface area contributed by atoms with Crippen molar-refractivity contribution >= 4 is 17.4 Å². The van der Waals surface area contributed by atoms with E-state index in [-0.39, 0.29) is 24.0 Å². The van der Waals surface area contributed by atoms with E-state index < -0.39 is 17.7 Å². The molecule has 2 heterocycles. The Hall–Kier alpha value is -3.52. The molecule has 0 saturated carbocycles. The predicted octanol–water partition coefficient (Wildman–Crippen LogP) is 3.31. The molecule has 8 heteroatoms. The van der Waals surface area contributed by atoms with Gasteiger partial charge < -0.3 is 29.0 Å². The first-order valence-electron chi connectivity index (χ1n) is 10.8. The predicted molar refractivity (Wildman–Crippen MR) is 121 cm³/mol. The number of carbonyl (C=O) groups excluding carboxylic acids is 2. The number of nitrogens with zero attached hydrogens (tertiary/aromatic N) is 1. The van der Waals surface area contributed by atoms with E-state index in [0.29, 0.717) is 35.0 Å². The highest BCUT2D eigenvalue weighted by Gasteiger charge is 2.48. The SMILES string of the molecule is COc1ccc(C(O)=C2C(=O)C(=O)N(C[C@H]3CCCO3)[C@@H]2c2cccc(OC)c2OC)cc1. The summed E-state index contributed by atoms with van der Waals surface area (Å²) in [4.78, 5) is 27.8. The van der Waals surface area contributed by atoms with E-state index in [4.69, 9.17) is 18.9 Å². The number of para-hydroxylation sites is 1. The second-order valence-corrected chi connectivity index (χ2v) is 7.90. The first kappa shape index (κ1) is 22.7. The number of aliphatic hydroxyl groups is 1. The fraction of sp³-hybridized carbons (Fsp3) is 0.360. The van der Waals surface area contributed by atoms with Gasteiger partial charge >= 0.3 is 0 Å². The standard InChI is InChI=1S/C25H27NO7/c1-30-16-11-9-15(10-12-16)22(27)20-21(18-7-4-8-19(31-2)24(18)32-3)26(25(29)23(20)28)14-17-6-5-13-33-17/h4,7-12,17,21,27H,5-6,13-14H2,1-3H3/t17-,21-/m1/s1. The topological polar surface area (TPSA) is 94.5 Å². The largest absolute Gasteiger partial charge is 0.507 e. The Morgan fingerprint density at radius 3 is 2.42 bits per heavy atom. The number of methoxy groups -OCH3 is 3. The molecule has 0 spiro atoms. The monoisotopic (exact) mass is 453 g/mol. The van der Waals surface area contributed by atoms with Gasteiger partial charge in [0, 0.05) is 24.3 Å². The first-order valence-corrected chi connectivity index (χ1v) is 10.8. The van der Waals surface area contributed by atoms with Gasteiger partial charge in [-0.15, -0.1) is 0 Å². The van der Waals surface area contributed by atoms with E-state index in [1.807, 2.05) is 0 Å². The number of aliphatic hydroxyl groups excluding tert-OH is 1. The average molecular weight is 453 g/mol. The summed E-state index contributed by atoms with van der Waals surface area (Å²) in [6.07, 6.45) is 1.51. The van der Waals surface area contributed by atoms with E-state index >= 15 is 0 Å². The van der Waals surface area contributed by atoms with E-state index in [2.05, 4.69) is 0 Å². The molecule has 2 aromatic carbocycles. The van der Waals surface area contributed by atoms with Crippen LogP contribution in [0.3, 0.4) is 0 Å². The van der Waals surface area contributed by atoms with Gasteiger partial charge in [0.05, 0.1) is 39.0 Å². The minimum absolute atomic E-state index is 0.00489. The van der Waals surface area contributed by atoms with Crippen LogP contribution in [-0.4, -0.2) is 62.3 Å². The molecule has 0 aliphatic carbocycles. The van der Waals surface area contributed by atoms with Crippen LogP contribution in [0.15, 0.2) is 48.0 Å². The average Bonchev–Trinajstić information content (AvgIpc) is 3.45. The van der Waals surface area contributed by atoms with Crippen molar-refractivity contribution < 1.29 is 33.6 Å². The molecule has 0 unspecified atom stereocenters. The lowest BCUT2D eigenvalue weighted by atomic mass is 9.94. The lowest BCUT2D eigenvalue weighted by Gasteiger charge is -2.28. The number of ketones is 1. The third-order valence-corrected chi connectivity index (χ3v) is 6.06. The summed E-state index contributed by atoms with van der Waals surface area (Å²) in [6.45, 7) is 0.850. The van der Waals surface area contributed by atoms with Crippen molar-refractivity contribution in [1.82, 2.24) is 4.90 Å². The Bertz CT molecular complexity index is 1070. The smallest absolute Gasteiger partial charge is 0.295 e. The third-order valence-electron chi connectivity index (χ3n) is 6.06. The first-order chi connectivity index (χ1) is 16.0. The Balaban J connectivity index is 1.88. The van der Waals surface area contributed by atoms with Gasteiger partial charge in [-0.1, -0.05) is 12.1 Å². The van der Waals surface area contributed by atoms with E-state index in [0.717, 1.165) is 12.8 Å². The maximum atomic E-state index is 13.2. The summed E-state index contributed by atoms with van der Waals surface area (Å²) in [5.74, 6) is -0.240. The van der Waals surface area contributed by atoms with E-state index in [9.17, 15) is 14.7 Å². The van der Waals surface area contributed by atoms with Crippen LogP contribution >= 0.6 is 0 Å². The molecule has 2 atom stereocenters. The molecule has 2 fully saturated rings. The molecule has 2 aliphatic rings. The molecule has 33 heavy (non-hydrogen) atoms. The Morgan fingerprint density at radius 1 is 1.06 bits per heavy atom. The number of benzene rings is 2. The Kier molecular flexibility index (Phi) is 6.55. The maximum absolute atomic E-state index is 13.2. The zero-order chi connectivity index (χ0) is 23.5. The molecule has 1 amide bonds. The van der Waals surface area contributed by atoms with Crippen molar-refractivity contribution in [3.8, 4) is 17.2 Å². The van der Waals surface area contributed by atoms with Crippen molar-refractivity contribution in [2.24, 2.45) is 0 Å². The summed E-state index contributed by atoms with van der Waals surface area (Å²) in [6, 6.07) is 11.0. The highest BCUT2D eigenvalue weighted by atomic mass is 16.5. The van der Waals surface area contributed by atoms with Gasteiger partial charge in [0.15, 0.2) is 11.5 Å². The molecule has 8 nitrogen and oxygen atoms in total. The Morgan fingerprint density at radius 2 is 1.82 bits per heavy atom. The van der Waals surface area contributed by atoms with Crippen molar-refractivity contribution in [3.63, 3.8) is 0 Å². The minimum atomic E-state index is -0.860. The zero-order valence-corrected chi connectivity index (χ0v) is 18.9. The van der Waals surface area contributed by atoms with E-state index in [1.165, 1.54) is 19.1 Å². The number of hydrogen-bond acceptors (Lipinski definition) is 7. The number of hydrogen-bond donors (Lipinski definition) is 1. The van der Waals surface area contributed by atoms with Gasteiger partial charge in [-0.3, -0.25) is 9.59 Å². The highest BCUT2D eigenvalue weighted by molar-refractivity contribution is 6.46. The van der Waals surface area contributed by atoms with Crippen LogP contribution in [0.5, 0.6) is 17.2 Å². The molecule has 0 radical (unpaired) electrons. The van der Waals surface area contributed by atoms with Crippen molar-refractivity contribution in [2.75, 3.05) is 34.5 Å². The molecule has 2 aliphatic heterocycles. The van der Waals surface area contributed by atoms with Crippen molar-refractivity contribution in [1.29, 1.82) is 0 Å². The van der Waals surface area contributed by atoms with Crippen molar-refractivity contribution in [2.45, 2.75) is 25.0 Å². The summed E-state index contributed by atoms with van der Waals surface area (Å²) in [5.41, 5.74) is 0.941. The summed E-state index contributed by atoms with van der Waals surface area (Å²) in [5, 5.41) is 11.2. The van der Waals surface area contributed by atoms with E-state index in [1.54, 1.807) is 49.6 Å². The lowest BCUT2D eigenvalue weighted by molar-refractivity contribution is -0.140. The van der Waals surface area contributed by atoms with Crippen LogP contribution in [0.25, 0.3) is 5.76 Å². The maximum Gasteiger partial charge on any atom is 0.295 e. The van der Waals surface area contributed by atoms with Gasteiger partial charge in [0.2, 0.25) is 0 Å². The van der Waals surface area contributed by atoms with Crippen LogP contribution in [0.2, 0.25) is 0 Å². The number of carbonyl (C=O) groups is 2. The second-order valence-electron chi connectivity index (χ2n) is 7.90. The summed E-state index contributed by atoms with van der Waals surface area (Å²) >= 11 is 0. The molecule has 0 bridgehead atoms. The molecule has 2 aromatic rings. The van der Waals surface area contributed by atoms with Gasteiger partial charge in [-0.05, 0) is 43.2 Å². The quantitative estimate of drug-likeness (QED) is 0.390. The molecular weight excluding hydrogens is 426 g/mol. The normalized spacial score (nSPS) is 22.0. The molecular formula is C25H27NO7. The summed E-state index contributed by atoms with van der Waals surface area (Å²) < 4.78 is 22.0. The molecule has 174 valence electrons. The molecule has 0 aromatic heterocycles. The lowest BCUT2D eigenvalue weighted by Crippen LogP contribution is -2.36. The number of amides is 1. The fourth-order valence-corrected chi connectivity index (χ4v) is 4.43. The number of ether oxygens (including phenoxy) is 4. The van der Waals surface area contributed by atoms with Gasteiger partial charge in [0.1, 0.15) is 11.5 Å². The second kappa shape index (κ2) is 9.54. The van der Waals surface area contributed by atoms with Crippen LogP contribution < -0.4 is 14.2 Å². The van der Waals surface area contributed by atoms with Gasteiger partial charge in [-0.2, -0.15) is 0 Å². The molecule has 1 N–H and O–H groups in total. The van der Waals surface area contributed by atoms with Crippen LogP contribution in [-0.2, 0) is 14.3 Å². The van der Waals surface area contributed by atoms with Crippen LogP contribution in [0, 0.1) is 0 Å². The number of rotatable bonds is 7. The fourth-order valence-electron chi connectivity index (χ4n) is 4.43. The van der Waals surface area contributed by atoms with Crippen LogP contribution in [0.1, 0.15) is 30.0 Å². The highest BCUT2D eigenvalue weighted by Crippen LogP contribution is 2.45. The molecule has 4 rings (SSSR count). The summed E-state index contributed by atoms with van der Waals surface area (Å²) in [7, 11) is 4.56. The van der Waals surface area contributed by atoms with Crippen molar-refractivity contribution in [3.05, 3.63) is 59.2 Å². The van der Waals surface area contributed by atoms with Crippen LogP contribution in [0.4, 0.5) is 0 Å².